The Morgan fingerprint density at radius 1 is 1.08 bits per heavy atom. The maximum Gasteiger partial charge on any atom is 0.293 e. The van der Waals surface area contributed by atoms with Gasteiger partial charge in [0.05, 0.1) is 18.1 Å². The number of thioether (sulfide) groups is 1. The first-order valence-electron chi connectivity index (χ1n) is 11.7. The topological polar surface area (TPSA) is 84.9 Å². The lowest BCUT2D eigenvalue weighted by atomic mass is 10.1. The van der Waals surface area contributed by atoms with E-state index in [4.69, 9.17) is 21.1 Å². The molecule has 4 rings (SSSR count). The minimum atomic E-state index is -0.593. The largest absolute Gasteiger partial charge is 0.490 e. The second-order valence-electron chi connectivity index (χ2n) is 8.31. The van der Waals surface area contributed by atoms with E-state index in [1.54, 1.807) is 37.3 Å². The van der Waals surface area contributed by atoms with Crippen LogP contribution in [-0.2, 0) is 16.1 Å². The van der Waals surface area contributed by atoms with E-state index in [0.29, 0.717) is 29.4 Å². The second kappa shape index (κ2) is 12.1. The first-order chi connectivity index (χ1) is 18.2. The van der Waals surface area contributed by atoms with Crippen LogP contribution in [0.4, 0.5) is 14.9 Å². The fourth-order valence-corrected chi connectivity index (χ4v) is 4.76. The number of anilines is 1. The van der Waals surface area contributed by atoms with Crippen molar-refractivity contribution in [3.8, 4) is 11.5 Å². The summed E-state index contributed by atoms with van der Waals surface area (Å²) >= 11 is 6.82. The van der Waals surface area contributed by atoms with Crippen molar-refractivity contribution in [2.75, 3.05) is 18.5 Å². The smallest absolute Gasteiger partial charge is 0.293 e. The summed E-state index contributed by atoms with van der Waals surface area (Å²) in [5.74, 6) is -0.742. The van der Waals surface area contributed by atoms with Crippen LogP contribution in [0.15, 0.2) is 65.6 Å². The molecule has 1 aliphatic rings. The van der Waals surface area contributed by atoms with Gasteiger partial charge < -0.3 is 14.8 Å². The molecule has 10 heteroatoms. The van der Waals surface area contributed by atoms with E-state index in [2.05, 4.69) is 5.32 Å². The summed E-state index contributed by atoms with van der Waals surface area (Å²) in [5.41, 5.74) is 2.35. The summed E-state index contributed by atoms with van der Waals surface area (Å²) in [6, 6.07) is 16.6. The summed E-state index contributed by atoms with van der Waals surface area (Å²) in [4.78, 5) is 38.9. The number of nitrogens with zero attached hydrogens (tertiary/aromatic N) is 1. The predicted molar refractivity (Wildman–Crippen MR) is 146 cm³/mol. The fourth-order valence-electron chi connectivity index (χ4n) is 3.69. The Morgan fingerprint density at radius 3 is 2.61 bits per heavy atom. The van der Waals surface area contributed by atoms with Crippen LogP contribution < -0.4 is 14.8 Å². The standard InChI is InChI=1S/C28H24ClFN2O5S/c1-3-36-24-13-18(10-11-23(24)37-16-26(33)31-19-7-4-6-17(2)12-19)14-25-27(34)32(28(35)38-25)15-20-21(29)8-5-9-22(20)30/h4-14H,3,15-16H2,1-2H3,(H,31,33)/b25-14+. The SMILES string of the molecule is CCOc1cc(/C=C2/SC(=O)N(Cc3c(F)cccc3Cl)C2=O)ccc1OCC(=O)Nc1cccc(C)c1. The maximum absolute atomic E-state index is 14.2. The number of halogens is 2. The molecule has 7 nitrogen and oxygen atoms in total. The van der Waals surface area contributed by atoms with Crippen molar-refractivity contribution >= 4 is 52.2 Å². The minimum absolute atomic E-state index is 0.0734. The number of aryl methyl sites for hydroxylation is 1. The molecule has 0 saturated carbocycles. The fraction of sp³-hybridized carbons (Fsp3) is 0.179. The highest BCUT2D eigenvalue weighted by atomic mass is 35.5. The highest BCUT2D eigenvalue weighted by molar-refractivity contribution is 8.18. The number of ether oxygens (including phenoxy) is 2. The Morgan fingerprint density at radius 2 is 1.87 bits per heavy atom. The van der Waals surface area contributed by atoms with Gasteiger partial charge in [0.1, 0.15) is 5.82 Å². The van der Waals surface area contributed by atoms with Crippen molar-refractivity contribution in [1.29, 1.82) is 0 Å². The van der Waals surface area contributed by atoms with Gasteiger partial charge in [-0.15, -0.1) is 0 Å². The Kier molecular flexibility index (Phi) is 8.70. The summed E-state index contributed by atoms with van der Waals surface area (Å²) < 4.78 is 25.5. The molecule has 0 aromatic heterocycles. The van der Waals surface area contributed by atoms with Gasteiger partial charge in [-0.1, -0.05) is 35.9 Å². The van der Waals surface area contributed by atoms with Crippen LogP contribution in [0.1, 0.15) is 23.6 Å². The van der Waals surface area contributed by atoms with Gasteiger partial charge in [-0.3, -0.25) is 19.3 Å². The maximum atomic E-state index is 14.2. The molecular weight excluding hydrogens is 531 g/mol. The molecule has 38 heavy (non-hydrogen) atoms. The van der Waals surface area contributed by atoms with Gasteiger partial charge in [0.25, 0.3) is 17.1 Å². The van der Waals surface area contributed by atoms with E-state index in [1.165, 1.54) is 18.2 Å². The molecule has 3 aromatic rings. The molecule has 1 heterocycles. The Bertz CT molecular complexity index is 1410. The summed E-state index contributed by atoms with van der Waals surface area (Å²) in [7, 11) is 0. The van der Waals surface area contributed by atoms with E-state index in [-0.39, 0.29) is 34.6 Å². The van der Waals surface area contributed by atoms with Crippen LogP contribution in [0.2, 0.25) is 5.02 Å². The molecule has 196 valence electrons. The van der Waals surface area contributed by atoms with Gasteiger partial charge >= 0.3 is 0 Å². The molecule has 0 spiro atoms. The summed E-state index contributed by atoms with van der Waals surface area (Å²) in [6.07, 6.45) is 1.55. The summed E-state index contributed by atoms with van der Waals surface area (Å²) in [6.45, 7) is 3.58. The van der Waals surface area contributed by atoms with E-state index < -0.39 is 17.0 Å². The normalized spacial score (nSPS) is 14.2. The van der Waals surface area contributed by atoms with Gasteiger partial charge in [-0.25, -0.2) is 4.39 Å². The monoisotopic (exact) mass is 554 g/mol. The first kappa shape index (κ1) is 27.2. The molecule has 3 aromatic carbocycles. The molecule has 1 aliphatic heterocycles. The van der Waals surface area contributed by atoms with Crippen LogP contribution in [-0.4, -0.2) is 35.2 Å². The third-order valence-corrected chi connectivity index (χ3v) is 6.74. The van der Waals surface area contributed by atoms with Crippen molar-refractivity contribution in [1.82, 2.24) is 4.90 Å². The minimum Gasteiger partial charge on any atom is -0.490 e. The number of hydrogen-bond acceptors (Lipinski definition) is 6. The quantitative estimate of drug-likeness (QED) is 0.306. The van der Waals surface area contributed by atoms with Crippen molar-refractivity contribution in [2.24, 2.45) is 0 Å². The third kappa shape index (κ3) is 6.54. The molecule has 3 amide bonds. The van der Waals surface area contributed by atoms with Gasteiger partial charge in [0.15, 0.2) is 18.1 Å². The van der Waals surface area contributed by atoms with Crippen LogP contribution in [0.3, 0.4) is 0 Å². The molecule has 0 atom stereocenters. The van der Waals surface area contributed by atoms with Crippen LogP contribution >= 0.6 is 23.4 Å². The Labute approximate surface area is 228 Å². The first-order valence-corrected chi connectivity index (χ1v) is 12.9. The average molecular weight is 555 g/mol. The number of amides is 3. The Hall–Kier alpha value is -3.82. The van der Waals surface area contributed by atoms with E-state index in [1.807, 2.05) is 25.1 Å². The van der Waals surface area contributed by atoms with Crippen molar-refractivity contribution in [3.05, 3.63) is 93.1 Å². The second-order valence-corrected chi connectivity index (χ2v) is 9.71. The number of rotatable bonds is 9. The third-order valence-electron chi connectivity index (χ3n) is 5.48. The molecule has 0 unspecified atom stereocenters. The molecule has 1 saturated heterocycles. The highest BCUT2D eigenvalue weighted by Gasteiger charge is 2.36. The molecular formula is C28H24ClFN2O5S. The van der Waals surface area contributed by atoms with E-state index in [0.717, 1.165) is 22.2 Å². The van der Waals surface area contributed by atoms with Gasteiger partial charge in [0.2, 0.25) is 0 Å². The van der Waals surface area contributed by atoms with E-state index in [9.17, 15) is 18.8 Å². The van der Waals surface area contributed by atoms with Crippen molar-refractivity contribution < 1.29 is 28.2 Å². The summed E-state index contributed by atoms with van der Waals surface area (Å²) in [5, 5.41) is 2.39. The molecule has 1 fully saturated rings. The zero-order valence-electron chi connectivity index (χ0n) is 20.6. The van der Waals surface area contributed by atoms with Crippen LogP contribution in [0, 0.1) is 12.7 Å². The lowest BCUT2D eigenvalue weighted by Gasteiger charge is -2.14. The molecule has 0 radical (unpaired) electrons. The number of carbonyl (C=O) groups is 3. The molecule has 0 bridgehead atoms. The van der Waals surface area contributed by atoms with Gasteiger partial charge in [-0.05, 0) is 79.2 Å². The zero-order chi connectivity index (χ0) is 27.2. The van der Waals surface area contributed by atoms with E-state index >= 15 is 0 Å². The highest BCUT2D eigenvalue weighted by Crippen LogP contribution is 2.36. The predicted octanol–water partition coefficient (Wildman–Crippen LogP) is 6.44. The lowest BCUT2D eigenvalue weighted by Crippen LogP contribution is -2.28. The van der Waals surface area contributed by atoms with Crippen LogP contribution in [0.5, 0.6) is 11.5 Å². The average Bonchev–Trinajstić information content (AvgIpc) is 3.13. The lowest BCUT2D eigenvalue weighted by molar-refractivity contribution is -0.123. The molecule has 0 aliphatic carbocycles. The van der Waals surface area contributed by atoms with Gasteiger partial charge in [-0.2, -0.15) is 0 Å². The number of nitrogens with one attached hydrogen (secondary N) is 1. The zero-order valence-corrected chi connectivity index (χ0v) is 22.2. The van der Waals surface area contributed by atoms with Crippen molar-refractivity contribution in [3.63, 3.8) is 0 Å². The Balaban J connectivity index is 1.46. The molecule has 1 N–H and O–H groups in total. The number of carbonyl (C=O) groups excluding carboxylic acids is 3. The van der Waals surface area contributed by atoms with Crippen LogP contribution in [0.25, 0.3) is 6.08 Å². The number of hydrogen-bond donors (Lipinski definition) is 1. The number of benzene rings is 3. The van der Waals surface area contributed by atoms with Gasteiger partial charge in [0, 0.05) is 16.3 Å². The van der Waals surface area contributed by atoms with Crippen molar-refractivity contribution in [2.45, 2.75) is 20.4 Å². The number of imide groups is 1.